The van der Waals surface area contributed by atoms with Crippen molar-refractivity contribution in [1.82, 2.24) is 4.98 Å². The highest BCUT2D eigenvalue weighted by atomic mass is 32.2. The summed E-state index contributed by atoms with van der Waals surface area (Å²) in [6.45, 7) is 0.923. The van der Waals surface area contributed by atoms with Crippen molar-refractivity contribution in [2.24, 2.45) is 0 Å². The molecular formula is C20H18N2O5S. The molecule has 1 saturated carbocycles. The molecule has 0 unspecified atom stereocenters. The molecule has 1 N–H and O–H groups in total. The Balaban J connectivity index is 1.35. The fraction of sp³-hybridized carbons (Fsp3) is 0.250. The molecule has 1 aliphatic heterocycles. The number of oxazole rings is 1. The Labute approximate surface area is 162 Å². The maximum absolute atomic E-state index is 12.7. The van der Waals surface area contributed by atoms with Crippen LogP contribution in [-0.4, -0.2) is 26.6 Å². The molecule has 8 heteroatoms. The number of anilines is 1. The van der Waals surface area contributed by atoms with Gasteiger partial charge in [-0.2, -0.15) is 0 Å². The van der Waals surface area contributed by atoms with Gasteiger partial charge in [0.2, 0.25) is 0 Å². The number of ether oxygens (including phenoxy) is 2. The van der Waals surface area contributed by atoms with Crippen molar-refractivity contribution in [2.45, 2.75) is 23.7 Å². The summed E-state index contributed by atoms with van der Waals surface area (Å²) in [5.41, 5.74) is 1.20. The number of benzene rings is 2. The van der Waals surface area contributed by atoms with Gasteiger partial charge in [0, 0.05) is 17.5 Å². The van der Waals surface area contributed by atoms with E-state index < -0.39 is 10.0 Å². The molecular weight excluding hydrogens is 380 g/mol. The van der Waals surface area contributed by atoms with Crippen LogP contribution in [0.2, 0.25) is 0 Å². The molecule has 0 radical (unpaired) electrons. The second-order valence-corrected chi connectivity index (χ2v) is 8.51. The summed E-state index contributed by atoms with van der Waals surface area (Å²) in [6, 6.07) is 11.5. The molecule has 144 valence electrons. The van der Waals surface area contributed by atoms with Crippen molar-refractivity contribution in [3.05, 3.63) is 54.6 Å². The predicted octanol–water partition coefficient (Wildman–Crippen LogP) is 3.79. The zero-order valence-electron chi connectivity index (χ0n) is 14.9. The highest BCUT2D eigenvalue weighted by Crippen LogP contribution is 2.40. The third-order valence-corrected chi connectivity index (χ3v) is 6.09. The molecule has 2 aliphatic rings. The van der Waals surface area contributed by atoms with Gasteiger partial charge in [0.05, 0.1) is 16.8 Å². The Morgan fingerprint density at radius 2 is 1.71 bits per heavy atom. The quantitative estimate of drug-likeness (QED) is 0.703. The lowest BCUT2D eigenvalue weighted by Gasteiger charge is -2.19. The lowest BCUT2D eigenvalue weighted by Crippen LogP contribution is -2.16. The van der Waals surface area contributed by atoms with E-state index in [1.165, 1.54) is 0 Å². The van der Waals surface area contributed by atoms with E-state index in [-0.39, 0.29) is 4.90 Å². The Hall–Kier alpha value is -3.00. The second kappa shape index (κ2) is 6.56. The molecule has 7 nitrogen and oxygen atoms in total. The first-order valence-electron chi connectivity index (χ1n) is 9.07. The van der Waals surface area contributed by atoms with Crippen LogP contribution in [0.3, 0.4) is 0 Å². The minimum absolute atomic E-state index is 0.160. The summed E-state index contributed by atoms with van der Waals surface area (Å²) in [7, 11) is -3.73. The third kappa shape index (κ3) is 3.31. The first-order valence-corrected chi connectivity index (χ1v) is 10.6. The van der Waals surface area contributed by atoms with E-state index in [0.29, 0.717) is 42.1 Å². The van der Waals surface area contributed by atoms with Crippen LogP contribution in [0.5, 0.6) is 11.5 Å². The molecule has 0 saturated heterocycles. The Kier molecular flexibility index (Phi) is 4.01. The zero-order valence-corrected chi connectivity index (χ0v) is 15.7. The lowest BCUT2D eigenvalue weighted by atomic mass is 10.2. The van der Waals surface area contributed by atoms with Crippen LogP contribution in [-0.2, 0) is 10.0 Å². The van der Waals surface area contributed by atoms with Gasteiger partial charge in [0.1, 0.15) is 13.2 Å². The summed E-state index contributed by atoms with van der Waals surface area (Å²) in [5.74, 6) is 2.97. The van der Waals surface area contributed by atoms with Crippen LogP contribution in [0.4, 0.5) is 5.69 Å². The Morgan fingerprint density at radius 3 is 2.46 bits per heavy atom. The second-order valence-electron chi connectivity index (χ2n) is 6.83. The topological polar surface area (TPSA) is 90.7 Å². The molecule has 2 heterocycles. The van der Waals surface area contributed by atoms with Gasteiger partial charge in [-0.25, -0.2) is 13.4 Å². The van der Waals surface area contributed by atoms with Crippen molar-refractivity contribution < 1.29 is 22.3 Å². The molecule has 1 fully saturated rings. The minimum atomic E-state index is -3.73. The monoisotopic (exact) mass is 398 g/mol. The molecule has 5 rings (SSSR count). The van der Waals surface area contributed by atoms with E-state index in [1.807, 2.05) is 0 Å². The number of rotatable bonds is 5. The molecule has 3 aromatic rings. The van der Waals surface area contributed by atoms with Gasteiger partial charge in [-0.15, -0.1) is 0 Å². The largest absolute Gasteiger partial charge is 0.486 e. The number of hydrogen-bond donors (Lipinski definition) is 1. The Morgan fingerprint density at radius 1 is 0.964 bits per heavy atom. The van der Waals surface area contributed by atoms with Crippen molar-refractivity contribution in [3.8, 4) is 22.8 Å². The van der Waals surface area contributed by atoms with E-state index in [4.69, 9.17) is 13.9 Å². The van der Waals surface area contributed by atoms with Gasteiger partial charge < -0.3 is 13.9 Å². The van der Waals surface area contributed by atoms with Gasteiger partial charge in [0.25, 0.3) is 10.0 Å². The van der Waals surface area contributed by atoms with Crippen LogP contribution in [0, 0.1) is 0 Å². The van der Waals surface area contributed by atoms with E-state index in [2.05, 4.69) is 9.71 Å². The number of aromatic nitrogens is 1. The summed E-state index contributed by atoms with van der Waals surface area (Å²) in [4.78, 5) is 4.46. The first-order chi connectivity index (χ1) is 13.6. The molecule has 0 spiro atoms. The highest BCUT2D eigenvalue weighted by molar-refractivity contribution is 7.92. The highest BCUT2D eigenvalue weighted by Gasteiger charge is 2.28. The maximum Gasteiger partial charge on any atom is 0.261 e. The number of hydrogen-bond acceptors (Lipinski definition) is 6. The van der Waals surface area contributed by atoms with Crippen molar-refractivity contribution >= 4 is 15.7 Å². The van der Waals surface area contributed by atoms with Gasteiger partial charge in [-0.05, 0) is 49.2 Å². The summed E-state index contributed by atoms with van der Waals surface area (Å²) in [6.07, 6.45) is 3.91. The van der Waals surface area contributed by atoms with Gasteiger partial charge in [-0.3, -0.25) is 4.72 Å². The van der Waals surface area contributed by atoms with Gasteiger partial charge in [-0.1, -0.05) is 0 Å². The fourth-order valence-corrected chi connectivity index (χ4v) is 4.11. The molecule has 0 bridgehead atoms. The Bertz CT molecular complexity index is 1120. The predicted molar refractivity (Wildman–Crippen MR) is 102 cm³/mol. The van der Waals surface area contributed by atoms with Crippen molar-refractivity contribution in [2.75, 3.05) is 17.9 Å². The average molecular weight is 398 g/mol. The standard InChI is InChI=1S/C20H18N2O5S/c23-28(24,22-15-5-8-17-18(11-15)26-10-9-25-17)16-6-3-13(4-7-16)19-12-21-20(27-19)14-1-2-14/h3-8,11-12,14,22H,1-2,9-10H2. The van der Waals surface area contributed by atoms with Crippen LogP contribution in [0.25, 0.3) is 11.3 Å². The fourth-order valence-electron chi connectivity index (χ4n) is 3.06. The molecule has 1 aliphatic carbocycles. The van der Waals surface area contributed by atoms with Crippen molar-refractivity contribution in [3.63, 3.8) is 0 Å². The summed E-state index contributed by atoms with van der Waals surface area (Å²) < 4.78 is 44.7. The molecule has 2 aromatic carbocycles. The van der Waals surface area contributed by atoms with E-state index >= 15 is 0 Å². The lowest BCUT2D eigenvalue weighted by molar-refractivity contribution is 0.171. The number of fused-ring (bicyclic) bond motifs is 1. The molecule has 0 atom stereocenters. The molecule has 1 aromatic heterocycles. The summed E-state index contributed by atoms with van der Waals surface area (Å²) >= 11 is 0. The number of sulfonamides is 1. The third-order valence-electron chi connectivity index (χ3n) is 4.69. The molecule has 0 amide bonds. The van der Waals surface area contributed by atoms with Crippen molar-refractivity contribution in [1.29, 1.82) is 0 Å². The van der Waals surface area contributed by atoms with Gasteiger partial charge >= 0.3 is 0 Å². The maximum atomic E-state index is 12.7. The van der Waals surface area contributed by atoms with E-state index in [9.17, 15) is 8.42 Å². The molecule has 28 heavy (non-hydrogen) atoms. The normalized spacial score (nSPS) is 16.0. The zero-order chi connectivity index (χ0) is 19.1. The van der Waals surface area contributed by atoms with Crippen LogP contribution in [0.15, 0.2) is 58.0 Å². The smallest absolute Gasteiger partial charge is 0.261 e. The van der Waals surface area contributed by atoms with E-state index in [0.717, 1.165) is 24.3 Å². The van der Waals surface area contributed by atoms with E-state index in [1.54, 1.807) is 48.7 Å². The average Bonchev–Trinajstić information content (AvgIpc) is 3.44. The van der Waals surface area contributed by atoms with Gasteiger partial charge in [0.15, 0.2) is 23.1 Å². The SMILES string of the molecule is O=S(=O)(Nc1ccc2c(c1)OCCO2)c1ccc(-c2cnc(C3CC3)o2)cc1. The van der Waals surface area contributed by atoms with Crippen LogP contribution >= 0.6 is 0 Å². The summed E-state index contributed by atoms with van der Waals surface area (Å²) in [5, 5.41) is 0. The van der Waals surface area contributed by atoms with Crippen LogP contribution in [0.1, 0.15) is 24.7 Å². The number of nitrogens with one attached hydrogen (secondary N) is 1. The van der Waals surface area contributed by atoms with Crippen LogP contribution < -0.4 is 14.2 Å². The minimum Gasteiger partial charge on any atom is -0.486 e. The number of nitrogens with zero attached hydrogens (tertiary/aromatic N) is 1. The first kappa shape index (κ1) is 17.1.